The minimum absolute atomic E-state index is 0.323. The van der Waals surface area contributed by atoms with Gasteiger partial charge in [0.2, 0.25) is 0 Å². The predicted octanol–water partition coefficient (Wildman–Crippen LogP) is 5.07. The van der Waals surface area contributed by atoms with Gasteiger partial charge in [-0.2, -0.15) is 0 Å². The van der Waals surface area contributed by atoms with Crippen molar-refractivity contribution in [2.75, 3.05) is 5.32 Å². The third-order valence-corrected chi connectivity index (χ3v) is 5.74. The Morgan fingerprint density at radius 3 is 2.70 bits per heavy atom. The van der Waals surface area contributed by atoms with Crippen LogP contribution >= 0.6 is 22.7 Å². The summed E-state index contributed by atoms with van der Waals surface area (Å²) < 4.78 is 14.7. The van der Waals surface area contributed by atoms with Crippen molar-refractivity contribution in [3.8, 4) is 16.9 Å². The molecule has 1 aromatic carbocycles. The summed E-state index contributed by atoms with van der Waals surface area (Å²) in [4.78, 5) is 23.7. The van der Waals surface area contributed by atoms with E-state index in [0.29, 0.717) is 16.5 Å². The molecule has 0 aliphatic rings. The molecule has 1 N–H and O–H groups in total. The third kappa shape index (κ3) is 3.54. The zero-order valence-electron chi connectivity index (χ0n) is 14.6. The molecule has 136 valence electrons. The molecule has 4 aromatic rings. The van der Waals surface area contributed by atoms with Crippen molar-refractivity contribution < 1.29 is 9.18 Å². The number of aromatic nitrogens is 3. The van der Waals surface area contributed by atoms with Crippen LogP contribution < -0.4 is 5.32 Å². The Kier molecular flexibility index (Phi) is 4.59. The quantitative estimate of drug-likeness (QED) is 0.522. The number of benzene rings is 1. The van der Waals surface area contributed by atoms with Crippen LogP contribution in [0, 0.1) is 19.7 Å². The number of carbonyl (C=O) groups excluding carboxylic acids is 1. The molecule has 0 fully saturated rings. The number of thiazole rings is 1. The molecule has 0 spiro atoms. The van der Waals surface area contributed by atoms with Crippen molar-refractivity contribution in [1.82, 2.24) is 14.5 Å². The van der Waals surface area contributed by atoms with Gasteiger partial charge in [0.25, 0.3) is 5.91 Å². The largest absolute Gasteiger partial charge is 0.296 e. The molecular formula is C19H15FN4OS2. The van der Waals surface area contributed by atoms with Gasteiger partial charge in [-0.1, -0.05) is 0 Å². The normalized spacial score (nSPS) is 10.9. The summed E-state index contributed by atoms with van der Waals surface area (Å²) in [7, 11) is 0. The molecule has 0 saturated heterocycles. The Balaban J connectivity index is 1.56. The van der Waals surface area contributed by atoms with E-state index >= 15 is 0 Å². The van der Waals surface area contributed by atoms with Crippen LogP contribution in [0.1, 0.15) is 20.2 Å². The minimum Gasteiger partial charge on any atom is -0.296 e. The summed E-state index contributed by atoms with van der Waals surface area (Å²) in [5.41, 5.74) is 2.94. The zero-order valence-corrected chi connectivity index (χ0v) is 16.2. The van der Waals surface area contributed by atoms with Crippen molar-refractivity contribution in [3.05, 3.63) is 69.5 Å². The van der Waals surface area contributed by atoms with Crippen LogP contribution in [0.15, 0.2) is 48.2 Å². The highest BCUT2D eigenvalue weighted by atomic mass is 32.1. The number of anilines is 1. The number of hydrogen-bond acceptors (Lipinski definition) is 5. The molecular weight excluding hydrogens is 383 g/mol. The molecule has 4 rings (SSSR count). The van der Waals surface area contributed by atoms with E-state index in [9.17, 15) is 9.18 Å². The number of carbonyl (C=O) groups is 1. The SMILES string of the molecule is Cc1cc(-c2csc(NC(=O)c3cncn3-c3ccc(F)cc3)n2)c(C)s1. The lowest BCUT2D eigenvalue weighted by Gasteiger charge is -2.07. The Morgan fingerprint density at radius 1 is 1.22 bits per heavy atom. The third-order valence-electron chi connectivity index (χ3n) is 4.02. The van der Waals surface area contributed by atoms with Crippen molar-refractivity contribution in [3.63, 3.8) is 0 Å². The Bertz CT molecular complexity index is 1110. The lowest BCUT2D eigenvalue weighted by molar-refractivity contribution is 0.102. The molecule has 8 heteroatoms. The molecule has 5 nitrogen and oxygen atoms in total. The smallest absolute Gasteiger partial charge is 0.276 e. The van der Waals surface area contributed by atoms with Gasteiger partial charge in [0.05, 0.1) is 18.2 Å². The molecule has 0 bridgehead atoms. The van der Waals surface area contributed by atoms with Gasteiger partial charge in [-0.15, -0.1) is 22.7 Å². The molecule has 0 atom stereocenters. The highest BCUT2D eigenvalue weighted by molar-refractivity contribution is 7.14. The number of hydrogen-bond donors (Lipinski definition) is 1. The Labute approximate surface area is 163 Å². The number of thiophene rings is 1. The number of nitrogens with zero attached hydrogens (tertiary/aromatic N) is 3. The maximum absolute atomic E-state index is 13.1. The zero-order chi connectivity index (χ0) is 19.0. The number of nitrogens with one attached hydrogen (secondary N) is 1. The van der Waals surface area contributed by atoms with Crippen LogP contribution in [0.25, 0.3) is 16.9 Å². The lowest BCUT2D eigenvalue weighted by Crippen LogP contribution is -2.16. The average molecular weight is 398 g/mol. The number of imidazole rings is 1. The molecule has 0 saturated carbocycles. The summed E-state index contributed by atoms with van der Waals surface area (Å²) in [5.74, 6) is -0.657. The van der Waals surface area contributed by atoms with E-state index in [1.54, 1.807) is 28.0 Å². The molecule has 0 unspecified atom stereocenters. The summed E-state index contributed by atoms with van der Waals surface area (Å²) >= 11 is 3.10. The van der Waals surface area contributed by atoms with Crippen LogP contribution in [-0.4, -0.2) is 20.4 Å². The second-order valence-corrected chi connectivity index (χ2v) is 8.26. The molecule has 1 amide bonds. The topological polar surface area (TPSA) is 59.8 Å². The predicted molar refractivity (Wildman–Crippen MR) is 106 cm³/mol. The Hall–Kier alpha value is -2.84. The first-order valence-corrected chi connectivity index (χ1v) is 9.83. The standard InChI is InChI=1S/C19H15FN4OS2/c1-11-7-15(12(2)27-11)16-9-26-19(22-16)23-18(25)17-8-21-10-24(17)14-5-3-13(20)4-6-14/h3-10H,1-2H3,(H,22,23,25). The lowest BCUT2D eigenvalue weighted by atomic mass is 10.2. The number of rotatable bonds is 4. The van der Waals surface area contributed by atoms with Gasteiger partial charge in [-0.25, -0.2) is 14.4 Å². The Morgan fingerprint density at radius 2 is 2.00 bits per heavy atom. The van der Waals surface area contributed by atoms with Crippen LogP contribution in [0.5, 0.6) is 0 Å². The van der Waals surface area contributed by atoms with E-state index in [2.05, 4.69) is 35.2 Å². The fraction of sp³-hybridized carbons (Fsp3) is 0.105. The monoisotopic (exact) mass is 398 g/mol. The molecule has 0 radical (unpaired) electrons. The van der Waals surface area contributed by atoms with Crippen molar-refractivity contribution in [2.45, 2.75) is 13.8 Å². The fourth-order valence-corrected chi connectivity index (χ4v) is 4.41. The highest BCUT2D eigenvalue weighted by Gasteiger charge is 2.16. The second kappa shape index (κ2) is 7.05. The molecule has 0 aliphatic carbocycles. The fourth-order valence-electron chi connectivity index (χ4n) is 2.77. The number of halogens is 1. The first-order valence-electron chi connectivity index (χ1n) is 8.14. The van der Waals surface area contributed by atoms with E-state index in [1.165, 1.54) is 45.7 Å². The average Bonchev–Trinajstić information content (AvgIpc) is 3.35. The maximum atomic E-state index is 13.1. The first kappa shape index (κ1) is 17.6. The second-order valence-electron chi connectivity index (χ2n) is 5.94. The molecule has 27 heavy (non-hydrogen) atoms. The van der Waals surface area contributed by atoms with E-state index in [1.807, 2.05) is 5.38 Å². The van der Waals surface area contributed by atoms with Gasteiger partial charge < -0.3 is 0 Å². The van der Waals surface area contributed by atoms with Crippen molar-refractivity contribution >= 4 is 33.7 Å². The van der Waals surface area contributed by atoms with Gasteiger partial charge in [0, 0.05) is 26.4 Å². The van der Waals surface area contributed by atoms with Crippen LogP contribution in [-0.2, 0) is 0 Å². The maximum Gasteiger partial charge on any atom is 0.276 e. The van der Waals surface area contributed by atoms with Crippen molar-refractivity contribution in [2.24, 2.45) is 0 Å². The summed E-state index contributed by atoms with van der Waals surface area (Å²) in [6, 6.07) is 7.97. The van der Waals surface area contributed by atoms with Gasteiger partial charge in [-0.3, -0.25) is 14.7 Å². The van der Waals surface area contributed by atoms with E-state index < -0.39 is 0 Å². The van der Waals surface area contributed by atoms with E-state index in [4.69, 9.17) is 0 Å². The molecule has 0 aliphatic heterocycles. The number of aryl methyl sites for hydroxylation is 2. The van der Waals surface area contributed by atoms with E-state index in [-0.39, 0.29) is 11.7 Å². The number of amides is 1. The highest BCUT2D eigenvalue weighted by Crippen LogP contribution is 2.32. The summed E-state index contributed by atoms with van der Waals surface area (Å²) in [6.07, 6.45) is 2.99. The van der Waals surface area contributed by atoms with Crippen LogP contribution in [0.2, 0.25) is 0 Å². The first-order chi connectivity index (χ1) is 13.0. The van der Waals surface area contributed by atoms with Crippen LogP contribution in [0.3, 0.4) is 0 Å². The summed E-state index contributed by atoms with van der Waals surface area (Å²) in [5, 5.41) is 5.27. The van der Waals surface area contributed by atoms with Gasteiger partial charge >= 0.3 is 0 Å². The van der Waals surface area contributed by atoms with Crippen LogP contribution in [0.4, 0.5) is 9.52 Å². The summed E-state index contributed by atoms with van der Waals surface area (Å²) in [6.45, 7) is 4.12. The molecule has 3 aromatic heterocycles. The van der Waals surface area contributed by atoms with Gasteiger partial charge in [-0.05, 0) is 44.2 Å². The molecule has 3 heterocycles. The van der Waals surface area contributed by atoms with Crippen molar-refractivity contribution in [1.29, 1.82) is 0 Å². The van der Waals surface area contributed by atoms with E-state index in [0.717, 1.165) is 11.3 Å². The minimum atomic E-state index is -0.334. The van der Waals surface area contributed by atoms with Gasteiger partial charge in [0.1, 0.15) is 11.5 Å². The van der Waals surface area contributed by atoms with Gasteiger partial charge in [0.15, 0.2) is 5.13 Å².